The Balaban J connectivity index is 2.31. The predicted molar refractivity (Wildman–Crippen MR) is 84.2 cm³/mol. The zero-order chi connectivity index (χ0) is 13.1. The lowest BCUT2D eigenvalue weighted by molar-refractivity contribution is 0.540. The highest BCUT2D eigenvalue weighted by Gasteiger charge is 2.08. The predicted octanol–water partition coefficient (Wildman–Crippen LogP) is 5.45. The normalized spacial score (nSPS) is 12.9. The van der Waals surface area contributed by atoms with E-state index in [9.17, 15) is 0 Å². The molecule has 1 N–H and O–H groups in total. The molecule has 1 atom stereocenters. The van der Waals surface area contributed by atoms with Gasteiger partial charge in [0.05, 0.1) is 0 Å². The van der Waals surface area contributed by atoms with Crippen molar-refractivity contribution in [3.8, 4) is 0 Å². The minimum Gasteiger partial charge on any atom is -0.382 e. The van der Waals surface area contributed by atoms with Gasteiger partial charge in [0.25, 0.3) is 0 Å². The molecular weight excluding hydrogens is 286 g/mol. The van der Waals surface area contributed by atoms with Crippen LogP contribution in [0.25, 0.3) is 10.8 Å². The number of nitrogens with one attached hydrogen (secondary N) is 1. The fourth-order valence-corrected chi connectivity index (χ4v) is 2.90. The molecule has 2 heteroatoms. The van der Waals surface area contributed by atoms with Crippen molar-refractivity contribution in [2.24, 2.45) is 5.92 Å². The highest BCUT2D eigenvalue weighted by molar-refractivity contribution is 9.10. The first-order valence-electron chi connectivity index (χ1n) is 6.51. The van der Waals surface area contributed by atoms with Crippen molar-refractivity contribution in [3.63, 3.8) is 0 Å². The van der Waals surface area contributed by atoms with Crippen LogP contribution < -0.4 is 5.32 Å². The lowest BCUT2D eigenvalue weighted by Gasteiger charge is -2.19. The van der Waals surface area contributed by atoms with Crippen molar-refractivity contribution in [2.45, 2.75) is 33.2 Å². The van der Waals surface area contributed by atoms with E-state index in [-0.39, 0.29) is 0 Å². The van der Waals surface area contributed by atoms with Gasteiger partial charge in [-0.25, -0.2) is 0 Å². The lowest BCUT2D eigenvalue weighted by atomic mass is 10.0. The van der Waals surface area contributed by atoms with Gasteiger partial charge in [0, 0.05) is 21.6 Å². The van der Waals surface area contributed by atoms with Crippen molar-refractivity contribution in [1.29, 1.82) is 0 Å². The van der Waals surface area contributed by atoms with Crippen molar-refractivity contribution in [2.75, 3.05) is 5.32 Å². The standard InChI is InChI=1S/C16H20BrN/c1-11(2)10-12(3)18-16-9-8-15(17)13-6-4-5-7-14(13)16/h4-9,11-12,18H,10H2,1-3H3. The van der Waals surface area contributed by atoms with Gasteiger partial charge >= 0.3 is 0 Å². The summed E-state index contributed by atoms with van der Waals surface area (Å²) in [4.78, 5) is 0. The average Bonchev–Trinajstić information content (AvgIpc) is 2.32. The van der Waals surface area contributed by atoms with Gasteiger partial charge in [-0.3, -0.25) is 0 Å². The molecule has 0 aromatic heterocycles. The van der Waals surface area contributed by atoms with Crippen LogP contribution in [-0.2, 0) is 0 Å². The summed E-state index contributed by atoms with van der Waals surface area (Å²) in [5, 5.41) is 6.17. The van der Waals surface area contributed by atoms with E-state index in [0.717, 1.165) is 4.47 Å². The van der Waals surface area contributed by atoms with Gasteiger partial charge in [0.15, 0.2) is 0 Å². The lowest BCUT2D eigenvalue weighted by Crippen LogP contribution is -2.17. The number of benzene rings is 2. The minimum absolute atomic E-state index is 0.495. The highest BCUT2D eigenvalue weighted by Crippen LogP contribution is 2.30. The molecule has 2 rings (SSSR count). The molecule has 96 valence electrons. The van der Waals surface area contributed by atoms with Gasteiger partial charge in [-0.05, 0) is 36.8 Å². The first-order chi connectivity index (χ1) is 8.58. The van der Waals surface area contributed by atoms with Crippen LogP contribution in [0.1, 0.15) is 27.2 Å². The molecule has 0 radical (unpaired) electrons. The third-order valence-electron chi connectivity index (χ3n) is 3.10. The average molecular weight is 306 g/mol. The van der Waals surface area contributed by atoms with Crippen LogP contribution in [0.3, 0.4) is 0 Å². The molecule has 0 aliphatic heterocycles. The summed E-state index contributed by atoms with van der Waals surface area (Å²) in [6.07, 6.45) is 1.18. The number of hydrogen-bond acceptors (Lipinski definition) is 1. The Morgan fingerprint density at radius 3 is 2.33 bits per heavy atom. The number of halogens is 1. The number of fused-ring (bicyclic) bond motifs is 1. The molecule has 0 fully saturated rings. The minimum atomic E-state index is 0.495. The summed E-state index contributed by atoms with van der Waals surface area (Å²) >= 11 is 3.61. The molecule has 18 heavy (non-hydrogen) atoms. The molecule has 0 saturated carbocycles. The Hall–Kier alpha value is -1.02. The van der Waals surface area contributed by atoms with Crippen molar-refractivity contribution in [1.82, 2.24) is 0 Å². The summed E-state index contributed by atoms with van der Waals surface area (Å²) in [6.45, 7) is 6.77. The van der Waals surface area contributed by atoms with Crippen molar-refractivity contribution >= 4 is 32.4 Å². The molecule has 1 unspecified atom stereocenters. The maximum Gasteiger partial charge on any atom is 0.0422 e. The Bertz CT molecular complexity index is 534. The highest BCUT2D eigenvalue weighted by atomic mass is 79.9. The Morgan fingerprint density at radius 1 is 1.00 bits per heavy atom. The number of hydrogen-bond donors (Lipinski definition) is 1. The molecular formula is C16H20BrN. The van der Waals surface area contributed by atoms with E-state index in [2.05, 4.69) is 78.4 Å². The van der Waals surface area contributed by atoms with Gasteiger partial charge in [-0.2, -0.15) is 0 Å². The van der Waals surface area contributed by atoms with Crippen LogP contribution in [-0.4, -0.2) is 6.04 Å². The van der Waals surface area contributed by atoms with Crippen LogP contribution in [0.2, 0.25) is 0 Å². The zero-order valence-corrected chi connectivity index (χ0v) is 12.8. The van der Waals surface area contributed by atoms with Crippen molar-refractivity contribution < 1.29 is 0 Å². The molecule has 0 spiro atoms. The summed E-state index contributed by atoms with van der Waals surface area (Å²) < 4.78 is 1.15. The van der Waals surface area contributed by atoms with Crippen LogP contribution in [0, 0.1) is 5.92 Å². The molecule has 0 aliphatic rings. The Labute approximate surface area is 118 Å². The molecule has 0 aliphatic carbocycles. The first-order valence-corrected chi connectivity index (χ1v) is 7.31. The Kier molecular flexibility index (Phi) is 4.28. The van der Waals surface area contributed by atoms with E-state index < -0.39 is 0 Å². The first kappa shape index (κ1) is 13.4. The fraction of sp³-hybridized carbons (Fsp3) is 0.375. The second-order valence-electron chi connectivity index (χ2n) is 5.32. The van der Waals surface area contributed by atoms with E-state index in [4.69, 9.17) is 0 Å². The topological polar surface area (TPSA) is 12.0 Å². The van der Waals surface area contributed by atoms with Crippen LogP contribution in [0.5, 0.6) is 0 Å². The SMILES string of the molecule is CC(C)CC(C)Nc1ccc(Br)c2ccccc12. The summed E-state index contributed by atoms with van der Waals surface area (Å²) in [5.41, 5.74) is 1.22. The van der Waals surface area contributed by atoms with E-state index in [0.29, 0.717) is 12.0 Å². The van der Waals surface area contributed by atoms with E-state index in [1.807, 2.05) is 0 Å². The van der Waals surface area contributed by atoms with Gasteiger partial charge < -0.3 is 5.32 Å². The van der Waals surface area contributed by atoms with Crippen LogP contribution >= 0.6 is 15.9 Å². The third-order valence-corrected chi connectivity index (χ3v) is 3.79. The quantitative estimate of drug-likeness (QED) is 0.792. The Morgan fingerprint density at radius 2 is 1.67 bits per heavy atom. The molecule has 0 heterocycles. The second-order valence-corrected chi connectivity index (χ2v) is 6.17. The monoisotopic (exact) mass is 305 g/mol. The molecule has 1 nitrogen and oxygen atoms in total. The molecule has 2 aromatic carbocycles. The largest absolute Gasteiger partial charge is 0.382 e. The summed E-state index contributed by atoms with van der Waals surface area (Å²) in [5.74, 6) is 0.717. The fourth-order valence-electron chi connectivity index (χ4n) is 2.42. The van der Waals surface area contributed by atoms with Crippen molar-refractivity contribution in [3.05, 3.63) is 40.9 Å². The third kappa shape index (κ3) is 3.05. The number of rotatable bonds is 4. The molecule has 2 aromatic rings. The van der Waals surface area contributed by atoms with E-state index in [1.165, 1.54) is 22.9 Å². The summed E-state index contributed by atoms with van der Waals surface area (Å²) in [7, 11) is 0. The van der Waals surface area contributed by atoms with E-state index >= 15 is 0 Å². The van der Waals surface area contributed by atoms with Gasteiger partial charge in [0.1, 0.15) is 0 Å². The molecule has 0 saturated heterocycles. The molecule has 0 bridgehead atoms. The smallest absolute Gasteiger partial charge is 0.0422 e. The van der Waals surface area contributed by atoms with E-state index in [1.54, 1.807) is 0 Å². The number of anilines is 1. The zero-order valence-electron chi connectivity index (χ0n) is 11.2. The second kappa shape index (κ2) is 5.75. The summed E-state index contributed by atoms with van der Waals surface area (Å²) in [6, 6.07) is 13.3. The van der Waals surface area contributed by atoms with Crippen LogP contribution in [0.15, 0.2) is 40.9 Å². The maximum absolute atomic E-state index is 3.62. The maximum atomic E-state index is 3.62. The van der Waals surface area contributed by atoms with Gasteiger partial charge in [0.2, 0.25) is 0 Å². The van der Waals surface area contributed by atoms with Gasteiger partial charge in [-0.1, -0.05) is 54.0 Å². The van der Waals surface area contributed by atoms with Gasteiger partial charge in [-0.15, -0.1) is 0 Å². The van der Waals surface area contributed by atoms with Crippen LogP contribution in [0.4, 0.5) is 5.69 Å². The molecule has 0 amide bonds.